The molecule has 1 heterocycles. The number of halogens is 2. The van der Waals surface area contributed by atoms with E-state index in [1.807, 2.05) is 25.2 Å². The van der Waals surface area contributed by atoms with E-state index in [1.165, 1.54) is 0 Å². The summed E-state index contributed by atoms with van der Waals surface area (Å²) < 4.78 is 6.52. The van der Waals surface area contributed by atoms with Gasteiger partial charge in [0, 0.05) is 30.0 Å². The summed E-state index contributed by atoms with van der Waals surface area (Å²) in [6.45, 7) is 1.41. The van der Waals surface area contributed by atoms with Crippen molar-refractivity contribution >= 4 is 45.2 Å². The lowest BCUT2D eigenvalue weighted by Crippen LogP contribution is -2.32. The highest BCUT2D eigenvalue weighted by Gasteiger charge is 2.16. The second kappa shape index (κ2) is 6.93. The predicted octanol–water partition coefficient (Wildman–Crippen LogP) is 2.91. The molecule has 104 valence electrons. The van der Waals surface area contributed by atoms with E-state index >= 15 is 0 Å². The number of fused-ring (bicyclic) bond motifs is 1. The first-order chi connectivity index (χ1) is 8.61. The highest BCUT2D eigenvalue weighted by atomic mass is 79.9. The van der Waals surface area contributed by atoms with Crippen LogP contribution in [0.25, 0.3) is 11.0 Å². The smallest absolute Gasteiger partial charge is 0.289 e. The number of likely N-dealkylation sites (N-methyl/N-ethyl adjacent to an activating group) is 2. The monoisotopic (exact) mass is 346 g/mol. The second-order valence-electron chi connectivity index (χ2n) is 4.12. The molecule has 0 saturated carbocycles. The maximum atomic E-state index is 12.1. The molecule has 0 spiro atoms. The highest BCUT2D eigenvalue weighted by Crippen LogP contribution is 2.23. The molecule has 0 bridgehead atoms. The number of amides is 1. The molecule has 2 rings (SSSR count). The molecule has 19 heavy (non-hydrogen) atoms. The van der Waals surface area contributed by atoms with Gasteiger partial charge in [-0.2, -0.15) is 0 Å². The molecule has 6 heteroatoms. The van der Waals surface area contributed by atoms with E-state index in [0.717, 1.165) is 22.0 Å². The lowest BCUT2D eigenvalue weighted by Gasteiger charge is -2.14. The Bertz CT molecular complexity index is 571. The van der Waals surface area contributed by atoms with Crippen LogP contribution in [0.4, 0.5) is 0 Å². The summed E-state index contributed by atoms with van der Waals surface area (Å²) in [5, 5.41) is 3.93. The first-order valence-electron chi connectivity index (χ1n) is 5.71. The quantitative estimate of drug-likeness (QED) is 0.925. The Morgan fingerprint density at radius 2 is 2.16 bits per heavy atom. The summed E-state index contributed by atoms with van der Waals surface area (Å²) in [6, 6.07) is 7.45. The Morgan fingerprint density at radius 1 is 1.42 bits per heavy atom. The molecular formula is C13H16BrClN2O2. The summed E-state index contributed by atoms with van der Waals surface area (Å²) >= 11 is 3.40. The van der Waals surface area contributed by atoms with Gasteiger partial charge in [-0.25, -0.2) is 0 Å². The number of hydrogen-bond donors (Lipinski definition) is 1. The first-order valence-corrected chi connectivity index (χ1v) is 6.50. The van der Waals surface area contributed by atoms with Gasteiger partial charge in [-0.15, -0.1) is 12.4 Å². The van der Waals surface area contributed by atoms with Gasteiger partial charge in [-0.05, 0) is 31.3 Å². The molecule has 0 aliphatic heterocycles. The van der Waals surface area contributed by atoms with Gasteiger partial charge in [0.15, 0.2) is 5.76 Å². The van der Waals surface area contributed by atoms with Crippen molar-refractivity contribution in [3.63, 3.8) is 0 Å². The summed E-state index contributed by atoms with van der Waals surface area (Å²) in [7, 11) is 3.62. The van der Waals surface area contributed by atoms with Gasteiger partial charge >= 0.3 is 0 Å². The van der Waals surface area contributed by atoms with Crippen LogP contribution in [0.3, 0.4) is 0 Å². The summed E-state index contributed by atoms with van der Waals surface area (Å²) in [4.78, 5) is 13.7. The van der Waals surface area contributed by atoms with Crippen LogP contribution in [0.5, 0.6) is 0 Å². The van der Waals surface area contributed by atoms with E-state index < -0.39 is 0 Å². The number of rotatable bonds is 4. The summed E-state index contributed by atoms with van der Waals surface area (Å²) in [6.07, 6.45) is 0. The molecule has 2 aromatic rings. The average Bonchev–Trinajstić information content (AvgIpc) is 2.77. The zero-order valence-corrected chi connectivity index (χ0v) is 13.2. The van der Waals surface area contributed by atoms with Gasteiger partial charge in [0.2, 0.25) is 0 Å². The number of nitrogens with zero attached hydrogens (tertiary/aromatic N) is 1. The molecule has 0 fully saturated rings. The minimum absolute atomic E-state index is 0. The molecule has 1 aromatic heterocycles. The van der Waals surface area contributed by atoms with Crippen molar-refractivity contribution in [3.05, 3.63) is 34.5 Å². The molecule has 0 atom stereocenters. The number of carbonyl (C=O) groups is 1. The molecule has 4 nitrogen and oxygen atoms in total. The number of furan rings is 1. The first kappa shape index (κ1) is 16.0. The van der Waals surface area contributed by atoms with E-state index in [-0.39, 0.29) is 18.3 Å². The fraction of sp³-hybridized carbons (Fsp3) is 0.308. The van der Waals surface area contributed by atoms with E-state index in [4.69, 9.17) is 4.42 Å². The topological polar surface area (TPSA) is 45.5 Å². The van der Waals surface area contributed by atoms with Crippen molar-refractivity contribution in [2.45, 2.75) is 0 Å². The van der Waals surface area contributed by atoms with Crippen molar-refractivity contribution in [3.8, 4) is 0 Å². The van der Waals surface area contributed by atoms with E-state index in [2.05, 4.69) is 21.2 Å². The molecule has 1 aromatic carbocycles. The van der Waals surface area contributed by atoms with Crippen molar-refractivity contribution in [1.29, 1.82) is 0 Å². The lowest BCUT2D eigenvalue weighted by atomic mass is 10.2. The van der Waals surface area contributed by atoms with Crippen molar-refractivity contribution in [2.24, 2.45) is 0 Å². The van der Waals surface area contributed by atoms with Crippen LogP contribution in [0.15, 0.2) is 33.2 Å². The Hall–Kier alpha value is -1.04. The Kier molecular flexibility index (Phi) is 5.85. The second-order valence-corrected chi connectivity index (χ2v) is 5.04. The van der Waals surface area contributed by atoms with Crippen LogP contribution >= 0.6 is 28.3 Å². The van der Waals surface area contributed by atoms with Crippen LogP contribution in [-0.2, 0) is 0 Å². The molecule has 0 saturated heterocycles. The summed E-state index contributed by atoms with van der Waals surface area (Å²) in [5.41, 5.74) is 0.726. The standard InChI is InChI=1S/C13H15BrN2O2.ClH/c1-15-5-6-16(2)13(17)12-8-9-7-10(14)3-4-11(9)18-12;/h3-4,7-8,15H,5-6H2,1-2H3;1H. The van der Waals surface area contributed by atoms with Gasteiger partial charge in [0.1, 0.15) is 5.58 Å². The van der Waals surface area contributed by atoms with Crippen LogP contribution in [0.2, 0.25) is 0 Å². The maximum Gasteiger partial charge on any atom is 0.289 e. The molecule has 0 radical (unpaired) electrons. The van der Waals surface area contributed by atoms with Crippen LogP contribution in [-0.4, -0.2) is 38.0 Å². The largest absolute Gasteiger partial charge is 0.451 e. The SMILES string of the molecule is CNCCN(C)C(=O)c1cc2cc(Br)ccc2o1.Cl. The minimum Gasteiger partial charge on any atom is -0.451 e. The zero-order valence-electron chi connectivity index (χ0n) is 10.8. The van der Waals surface area contributed by atoms with Gasteiger partial charge in [0.05, 0.1) is 0 Å². The maximum absolute atomic E-state index is 12.1. The van der Waals surface area contributed by atoms with Crippen molar-refractivity contribution in [1.82, 2.24) is 10.2 Å². The van der Waals surface area contributed by atoms with E-state index in [0.29, 0.717) is 12.3 Å². The van der Waals surface area contributed by atoms with Gasteiger partial charge in [-0.3, -0.25) is 4.79 Å². The molecule has 0 unspecified atom stereocenters. The van der Waals surface area contributed by atoms with Crippen molar-refractivity contribution in [2.75, 3.05) is 27.2 Å². The normalized spacial score (nSPS) is 10.3. The van der Waals surface area contributed by atoms with Gasteiger partial charge in [-0.1, -0.05) is 15.9 Å². The van der Waals surface area contributed by atoms with E-state index in [1.54, 1.807) is 18.0 Å². The Balaban J connectivity index is 0.00000180. The minimum atomic E-state index is -0.0995. The van der Waals surface area contributed by atoms with Gasteiger partial charge < -0.3 is 14.6 Å². The van der Waals surface area contributed by atoms with Crippen molar-refractivity contribution < 1.29 is 9.21 Å². The third-order valence-corrected chi connectivity index (χ3v) is 3.23. The number of benzene rings is 1. The predicted molar refractivity (Wildman–Crippen MR) is 82.0 cm³/mol. The van der Waals surface area contributed by atoms with E-state index in [9.17, 15) is 4.79 Å². The Labute approximate surface area is 126 Å². The van der Waals surface area contributed by atoms with Gasteiger partial charge in [0.25, 0.3) is 5.91 Å². The lowest BCUT2D eigenvalue weighted by molar-refractivity contribution is 0.0768. The van der Waals surface area contributed by atoms with Crippen LogP contribution < -0.4 is 5.32 Å². The summed E-state index contributed by atoms with van der Waals surface area (Å²) in [5.74, 6) is 0.277. The van der Waals surface area contributed by atoms with Crippen LogP contribution in [0, 0.1) is 0 Å². The average molecular weight is 348 g/mol. The Morgan fingerprint density at radius 3 is 2.84 bits per heavy atom. The number of hydrogen-bond acceptors (Lipinski definition) is 3. The number of nitrogens with one attached hydrogen (secondary N) is 1. The molecular weight excluding hydrogens is 332 g/mol. The fourth-order valence-electron chi connectivity index (χ4n) is 1.69. The van der Waals surface area contributed by atoms with Crippen LogP contribution in [0.1, 0.15) is 10.6 Å². The molecule has 0 aliphatic carbocycles. The third-order valence-electron chi connectivity index (χ3n) is 2.73. The molecule has 0 aliphatic rings. The molecule has 1 N–H and O–H groups in total. The third kappa shape index (κ3) is 3.72. The number of carbonyl (C=O) groups excluding carboxylic acids is 1. The highest BCUT2D eigenvalue weighted by molar-refractivity contribution is 9.10. The zero-order chi connectivity index (χ0) is 13.1. The molecule has 1 amide bonds. The fourth-order valence-corrected chi connectivity index (χ4v) is 2.07.